The van der Waals surface area contributed by atoms with Crippen molar-refractivity contribution in [3.05, 3.63) is 90.5 Å². The molecule has 0 aliphatic carbocycles. The number of nitrogens with one attached hydrogen (secondary N) is 1. The van der Waals surface area contributed by atoms with Crippen LogP contribution < -0.4 is 10.1 Å². The number of esters is 1. The van der Waals surface area contributed by atoms with Gasteiger partial charge in [0.2, 0.25) is 5.91 Å². The topological polar surface area (TPSA) is 84.9 Å². The first-order valence-electron chi connectivity index (χ1n) is 10.7. The Labute approximate surface area is 191 Å². The summed E-state index contributed by atoms with van der Waals surface area (Å²) in [5.41, 5.74) is 1.56. The molecule has 1 fully saturated rings. The first kappa shape index (κ1) is 22.1. The largest absolute Gasteiger partial charge is 0.457 e. The van der Waals surface area contributed by atoms with Crippen LogP contribution >= 0.6 is 0 Å². The van der Waals surface area contributed by atoms with Gasteiger partial charge in [-0.05, 0) is 42.0 Å². The number of benzene rings is 3. The zero-order chi connectivity index (χ0) is 23.0. The molecule has 1 saturated heterocycles. The fraction of sp³-hybridized carbons (Fsp3) is 0.192. The number of para-hydroxylation sites is 1. The summed E-state index contributed by atoms with van der Waals surface area (Å²) in [6.07, 6.45) is 0.0934. The second-order valence-corrected chi connectivity index (χ2v) is 7.76. The van der Waals surface area contributed by atoms with Crippen molar-refractivity contribution >= 4 is 23.5 Å². The Balaban J connectivity index is 1.22. The molecule has 0 spiro atoms. The molecule has 3 aromatic carbocycles. The van der Waals surface area contributed by atoms with Gasteiger partial charge in [-0.1, -0.05) is 48.5 Å². The molecule has 1 aliphatic heterocycles. The van der Waals surface area contributed by atoms with Crippen molar-refractivity contribution in [2.24, 2.45) is 5.92 Å². The van der Waals surface area contributed by atoms with E-state index in [4.69, 9.17) is 9.47 Å². The van der Waals surface area contributed by atoms with E-state index in [2.05, 4.69) is 5.32 Å². The van der Waals surface area contributed by atoms with Crippen LogP contribution in [0.5, 0.6) is 11.5 Å². The second kappa shape index (κ2) is 10.5. The third-order valence-electron chi connectivity index (χ3n) is 5.23. The van der Waals surface area contributed by atoms with Crippen LogP contribution in [0.15, 0.2) is 84.9 Å². The van der Waals surface area contributed by atoms with Gasteiger partial charge in [-0.25, -0.2) is 0 Å². The smallest absolute Gasteiger partial charge is 0.311 e. The Morgan fingerprint density at radius 3 is 2.21 bits per heavy atom. The van der Waals surface area contributed by atoms with Gasteiger partial charge in [-0.3, -0.25) is 14.4 Å². The van der Waals surface area contributed by atoms with E-state index >= 15 is 0 Å². The summed E-state index contributed by atoms with van der Waals surface area (Å²) >= 11 is 0. The van der Waals surface area contributed by atoms with Crippen molar-refractivity contribution in [1.29, 1.82) is 0 Å². The van der Waals surface area contributed by atoms with Gasteiger partial charge in [0.1, 0.15) is 11.5 Å². The SMILES string of the molecule is O=C(COC(=O)[C@H]1CC(=O)N(Cc2ccccc2)C1)Nc1ccc(Oc2ccccc2)cc1. The molecule has 3 aromatic rings. The molecule has 1 heterocycles. The van der Waals surface area contributed by atoms with Crippen LogP contribution in [0, 0.1) is 5.92 Å². The molecule has 7 nitrogen and oxygen atoms in total. The number of hydrogen-bond acceptors (Lipinski definition) is 5. The van der Waals surface area contributed by atoms with Gasteiger partial charge in [0.25, 0.3) is 5.91 Å². The zero-order valence-electron chi connectivity index (χ0n) is 18.0. The fourth-order valence-electron chi connectivity index (χ4n) is 3.57. The number of rotatable bonds is 8. The highest BCUT2D eigenvalue weighted by Crippen LogP contribution is 2.23. The standard InChI is InChI=1S/C26H24N2O5/c29-24(27-21-11-13-23(14-12-21)33-22-9-5-2-6-10-22)18-32-26(31)20-15-25(30)28(17-20)16-19-7-3-1-4-8-19/h1-14,20H,15-18H2,(H,27,29)/t20-/m0/s1. The normalized spacial score (nSPS) is 15.2. The number of hydrogen-bond donors (Lipinski definition) is 1. The molecule has 4 rings (SSSR count). The third-order valence-corrected chi connectivity index (χ3v) is 5.23. The quantitative estimate of drug-likeness (QED) is 0.531. The van der Waals surface area contributed by atoms with Crippen molar-refractivity contribution in [2.45, 2.75) is 13.0 Å². The number of carbonyl (C=O) groups excluding carboxylic acids is 3. The highest BCUT2D eigenvalue weighted by Gasteiger charge is 2.35. The van der Waals surface area contributed by atoms with Gasteiger partial charge in [-0.15, -0.1) is 0 Å². The molecule has 33 heavy (non-hydrogen) atoms. The molecular formula is C26H24N2O5. The van der Waals surface area contributed by atoms with Crippen molar-refractivity contribution in [3.8, 4) is 11.5 Å². The summed E-state index contributed by atoms with van der Waals surface area (Å²) < 4.78 is 10.9. The van der Waals surface area contributed by atoms with Crippen molar-refractivity contribution in [1.82, 2.24) is 4.90 Å². The summed E-state index contributed by atoms with van der Waals surface area (Å²) in [4.78, 5) is 38.4. The van der Waals surface area contributed by atoms with Crippen LogP contribution in [0.3, 0.4) is 0 Å². The van der Waals surface area contributed by atoms with Crippen LogP contribution in [0.2, 0.25) is 0 Å². The van der Waals surface area contributed by atoms with E-state index in [1.54, 1.807) is 29.2 Å². The van der Waals surface area contributed by atoms with Gasteiger partial charge in [-0.2, -0.15) is 0 Å². The van der Waals surface area contributed by atoms with Gasteiger partial charge >= 0.3 is 5.97 Å². The molecule has 168 valence electrons. The molecule has 0 aromatic heterocycles. The van der Waals surface area contributed by atoms with Crippen LogP contribution in [0.1, 0.15) is 12.0 Å². The third kappa shape index (κ3) is 6.20. The average Bonchev–Trinajstić information content (AvgIpc) is 3.20. The molecule has 1 aliphatic rings. The predicted octanol–water partition coefficient (Wildman–Crippen LogP) is 4.01. The van der Waals surface area contributed by atoms with Crippen molar-refractivity contribution in [3.63, 3.8) is 0 Å². The van der Waals surface area contributed by atoms with E-state index in [0.29, 0.717) is 23.7 Å². The molecule has 7 heteroatoms. The maximum absolute atomic E-state index is 12.4. The first-order valence-corrected chi connectivity index (χ1v) is 10.7. The van der Waals surface area contributed by atoms with Gasteiger partial charge in [0.05, 0.1) is 5.92 Å². The molecule has 1 atom stereocenters. The Morgan fingerprint density at radius 2 is 1.52 bits per heavy atom. The Kier molecular flexibility index (Phi) is 6.99. The van der Waals surface area contributed by atoms with E-state index in [0.717, 1.165) is 5.56 Å². The van der Waals surface area contributed by atoms with Crippen LogP contribution in [-0.2, 0) is 25.7 Å². The number of anilines is 1. The summed E-state index contributed by atoms with van der Waals surface area (Å²) in [5, 5.41) is 2.68. The van der Waals surface area contributed by atoms with E-state index in [9.17, 15) is 14.4 Å². The molecular weight excluding hydrogens is 420 g/mol. The van der Waals surface area contributed by atoms with E-state index < -0.39 is 24.4 Å². The predicted molar refractivity (Wildman–Crippen MR) is 123 cm³/mol. The lowest BCUT2D eigenvalue weighted by molar-refractivity contribution is -0.151. The molecule has 1 N–H and O–H groups in total. The number of ether oxygens (including phenoxy) is 2. The lowest BCUT2D eigenvalue weighted by atomic mass is 10.1. The minimum atomic E-state index is -0.566. The highest BCUT2D eigenvalue weighted by molar-refractivity contribution is 5.93. The monoisotopic (exact) mass is 444 g/mol. The Bertz CT molecular complexity index is 1100. The zero-order valence-corrected chi connectivity index (χ0v) is 18.0. The molecule has 0 radical (unpaired) electrons. The number of nitrogens with zero attached hydrogens (tertiary/aromatic N) is 1. The minimum absolute atomic E-state index is 0.0934. The highest BCUT2D eigenvalue weighted by atomic mass is 16.5. The van der Waals surface area contributed by atoms with Crippen molar-refractivity contribution in [2.75, 3.05) is 18.5 Å². The van der Waals surface area contributed by atoms with Gasteiger partial charge < -0.3 is 19.7 Å². The lowest BCUT2D eigenvalue weighted by Gasteiger charge is -2.16. The second-order valence-electron chi connectivity index (χ2n) is 7.76. The van der Waals surface area contributed by atoms with Gasteiger partial charge in [0, 0.05) is 25.2 Å². The summed E-state index contributed by atoms with van der Waals surface area (Å²) in [7, 11) is 0. The number of amides is 2. The maximum Gasteiger partial charge on any atom is 0.311 e. The van der Waals surface area contributed by atoms with Gasteiger partial charge in [0.15, 0.2) is 6.61 Å². The summed E-state index contributed by atoms with van der Waals surface area (Å²) in [5.74, 6) is -0.303. The van der Waals surface area contributed by atoms with E-state index in [1.807, 2.05) is 60.7 Å². The number of likely N-dealkylation sites (tertiary alicyclic amines) is 1. The van der Waals surface area contributed by atoms with E-state index in [1.165, 1.54) is 0 Å². The van der Waals surface area contributed by atoms with Crippen LogP contribution in [0.4, 0.5) is 5.69 Å². The Hall–Kier alpha value is -4.13. The molecule has 0 bridgehead atoms. The molecule has 0 unspecified atom stereocenters. The average molecular weight is 444 g/mol. The summed E-state index contributed by atoms with van der Waals surface area (Å²) in [6, 6.07) is 25.8. The van der Waals surface area contributed by atoms with E-state index in [-0.39, 0.29) is 18.9 Å². The summed E-state index contributed by atoms with van der Waals surface area (Å²) in [6.45, 7) is 0.329. The molecule has 0 saturated carbocycles. The van der Waals surface area contributed by atoms with Crippen LogP contribution in [0.25, 0.3) is 0 Å². The fourth-order valence-corrected chi connectivity index (χ4v) is 3.57. The minimum Gasteiger partial charge on any atom is -0.457 e. The lowest BCUT2D eigenvalue weighted by Crippen LogP contribution is -2.28. The Morgan fingerprint density at radius 1 is 0.879 bits per heavy atom. The molecule has 2 amide bonds. The van der Waals surface area contributed by atoms with Crippen molar-refractivity contribution < 1.29 is 23.9 Å². The maximum atomic E-state index is 12.4. The number of carbonyl (C=O) groups is 3. The van der Waals surface area contributed by atoms with Crippen LogP contribution in [-0.4, -0.2) is 35.8 Å². The first-order chi connectivity index (χ1) is 16.1.